The molecular weight excluding hydrogens is 504 g/mol. The molecule has 0 aromatic heterocycles. The maximum atomic E-state index is 12.9. The second-order valence-corrected chi connectivity index (χ2v) is 7.92. The molecule has 2 aromatic carbocycles. The van der Waals surface area contributed by atoms with E-state index >= 15 is 0 Å². The summed E-state index contributed by atoms with van der Waals surface area (Å²) < 4.78 is 0.612. The Hall–Kier alpha value is -2.53. The Morgan fingerprint density at radius 3 is 1.46 bits per heavy atom. The number of ketones is 1. The smallest absolute Gasteiger partial charge is 0.312 e. The zero-order valence-electron chi connectivity index (χ0n) is 14.6. The molecule has 11 heteroatoms. The molecule has 0 amide bonds. The number of nitrogens with zero attached hydrogens (tertiary/aromatic N) is 2. The van der Waals surface area contributed by atoms with Gasteiger partial charge in [0.25, 0.3) is 0 Å². The number of nitro benzene ring substituents is 2. The second-order valence-electron chi connectivity index (χ2n) is 6.09. The Balaban J connectivity index is 2.50. The first-order valence-electron chi connectivity index (χ1n) is 7.83. The molecule has 0 fully saturated rings. The molecule has 148 valence electrons. The third-order valence-electron chi connectivity index (χ3n) is 4.35. The van der Waals surface area contributed by atoms with Crippen LogP contribution in [0.2, 0.25) is 0 Å². The highest BCUT2D eigenvalue weighted by Crippen LogP contribution is 2.42. The lowest BCUT2D eigenvalue weighted by molar-refractivity contribution is -0.386. The summed E-state index contributed by atoms with van der Waals surface area (Å²) in [7, 11) is 0. The minimum atomic E-state index is -0.983. The quantitative estimate of drug-likeness (QED) is 0.408. The highest BCUT2D eigenvalue weighted by molar-refractivity contribution is 9.10. The van der Waals surface area contributed by atoms with Gasteiger partial charge >= 0.3 is 11.4 Å². The van der Waals surface area contributed by atoms with Crippen molar-refractivity contribution in [2.45, 2.75) is 25.7 Å². The molecule has 2 aromatic rings. The van der Waals surface area contributed by atoms with Crippen molar-refractivity contribution >= 4 is 49.0 Å². The molecule has 0 heterocycles. The van der Waals surface area contributed by atoms with Gasteiger partial charge in [-0.05, 0) is 12.1 Å². The molecule has 0 aliphatic rings. The molecule has 0 spiro atoms. The van der Waals surface area contributed by atoms with E-state index in [-0.39, 0.29) is 11.1 Å². The minimum Gasteiger partial charge on any atom is -0.502 e. The Labute approximate surface area is 175 Å². The molecular formula is C17H14Br2N2O7. The number of carbonyl (C=O) groups is 1. The average Bonchev–Trinajstić information content (AvgIpc) is 2.62. The van der Waals surface area contributed by atoms with Crippen LogP contribution in [0.15, 0.2) is 33.2 Å². The lowest BCUT2D eigenvalue weighted by atomic mass is 9.84. The molecule has 2 rings (SSSR count). The molecule has 0 radical (unpaired) electrons. The predicted octanol–water partition coefficient (Wildman–Crippen LogP) is 4.92. The number of hydrogen-bond acceptors (Lipinski definition) is 7. The summed E-state index contributed by atoms with van der Waals surface area (Å²) >= 11 is 6.23. The minimum absolute atomic E-state index is 0.0295. The highest BCUT2D eigenvalue weighted by atomic mass is 79.9. The van der Waals surface area contributed by atoms with Gasteiger partial charge in [0.2, 0.25) is 0 Å². The topological polar surface area (TPSA) is 144 Å². The maximum Gasteiger partial charge on any atom is 0.312 e. The number of halogens is 2. The van der Waals surface area contributed by atoms with Crippen molar-refractivity contribution in [3.05, 3.63) is 64.6 Å². The fraction of sp³-hybridized carbons (Fsp3) is 0.235. The first-order chi connectivity index (χ1) is 13.0. The van der Waals surface area contributed by atoms with Crippen LogP contribution in [0.4, 0.5) is 11.4 Å². The van der Waals surface area contributed by atoms with Gasteiger partial charge in [-0.1, -0.05) is 45.7 Å². The molecule has 0 saturated carbocycles. The van der Waals surface area contributed by atoms with Crippen molar-refractivity contribution in [1.29, 1.82) is 0 Å². The van der Waals surface area contributed by atoms with E-state index in [1.807, 2.05) is 0 Å². The number of phenolic OH excluding ortho intramolecular Hbond substituents is 2. The molecule has 0 aliphatic heterocycles. The van der Waals surface area contributed by atoms with Gasteiger partial charge in [-0.2, -0.15) is 0 Å². The summed E-state index contributed by atoms with van der Waals surface area (Å²) in [5.41, 5.74) is -1.06. The SMILES string of the molecule is CC(C(=O)C(C)c1cc(Br)cc([N+](=O)[O-])c1O)c1cc(Br)cc([N+](=O)[O-])c1O. The highest BCUT2D eigenvalue weighted by Gasteiger charge is 2.32. The molecule has 2 atom stereocenters. The van der Waals surface area contributed by atoms with Crippen molar-refractivity contribution in [3.63, 3.8) is 0 Å². The van der Waals surface area contributed by atoms with Crippen LogP contribution in [-0.4, -0.2) is 25.8 Å². The van der Waals surface area contributed by atoms with Crippen molar-refractivity contribution in [2.75, 3.05) is 0 Å². The third kappa shape index (κ3) is 4.14. The normalized spacial score (nSPS) is 13.0. The monoisotopic (exact) mass is 516 g/mol. The lowest BCUT2D eigenvalue weighted by Crippen LogP contribution is -2.17. The van der Waals surface area contributed by atoms with Crippen LogP contribution < -0.4 is 0 Å². The second kappa shape index (κ2) is 8.23. The maximum absolute atomic E-state index is 12.9. The van der Waals surface area contributed by atoms with Crippen LogP contribution in [0.25, 0.3) is 0 Å². The fourth-order valence-corrected chi connectivity index (χ4v) is 3.76. The van der Waals surface area contributed by atoms with Crippen LogP contribution in [0.1, 0.15) is 36.8 Å². The Morgan fingerprint density at radius 1 is 0.857 bits per heavy atom. The molecule has 9 nitrogen and oxygen atoms in total. The van der Waals surface area contributed by atoms with Crippen LogP contribution in [-0.2, 0) is 4.79 Å². The standard InChI is InChI=1S/C17H14Br2N2O7/c1-7(11-3-9(18)5-13(16(11)23)20(25)26)15(22)8(2)12-4-10(19)6-14(17(12)24)21(27)28/h3-8,23-24H,1-2H3. The Morgan fingerprint density at radius 2 is 1.18 bits per heavy atom. The van der Waals surface area contributed by atoms with E-state index in [0.29, 0.717) is 8.95 Å². The number of phenols is 2. The van der Waals surface area contributed by atoms with Crippen LogP contribution in [0.5, 0.6) is 11.5 Å². The van der Waals surface area contributed by atoms with Gasteiger partial charge < -0.3 is 10.2 Å². The summed E-state index contributed by atoms with van der Waals surface area (Å²) in [6.07, 6.45) is 0. The van der Waals surface area contributed by atoms with E-state index in [1.54, 1.807) is 0 Å². The van der Waals surface area contributed by atoms with Gasteiger partial charge in [0.05, 0.1) is 9.85 Å². The van der Waals surface area contributed by atoms with Crippen molar-refractivity contribution < 1.29 is 24.9 Å². The van der Waals surface area contributed by atoms with Gasteiger partial charge in [-0.15, -0.1) is 0 Å². The summed E-state index contributed by atoms with van der Waals surface area (Å²) in [6, 6.07) is 5.01. The summed E-state index contributed by atoms with van der Waals surface area (Å²) in [5, 5.41) is 42.6. The van der Waals surface area contributed by atoms with E-state index in [1.165, 1.54) is 26.0 Å². The zero-order chi connectivity index (χ0) is 21.3. The number of aromatic hydroxyl groups is 2. The number of nitro groups is 2. The summed E-state index contributed by atoms with van der Waals surface area (Å²) in [6.45, 7) is 2.90. The largest absolute Gasteiger partial charge is 0.502 e. The number of rotatable bonds is 6. The fourth-order valence-electron chi connectivity index (χ4n) is 2.83. The third-order valence-corrected chi connectivity index (χ3v) is 5.26. The van der Waals surface area contributed by atoms with Gasteiger partial charge in [-0.25, -0.2) is 0 Å². The van der Waals surface area contributed by atoms with Crippen LogP contribution >= 0.6 is 31.9 Å². The summed E-state index contributed by atoms with van der Waals surface area (Å²) in [5.74, 6) is -3.73. The van der Waals surface area contributed by atoms with E-state index in [9.17, 15) is 35.2 Å². The molecule has 2 N–H and O–H groups in total. The molecule has 0 bridgehead atoms. The Bertz CT molecular complexity index is 916. The van der Waals surface area contributed by atoms with Gasteiger partial charge in [0, 0.05) is 44.0 Å². The van der Waals surface area contributed by atoms with E-state index in [4.69, 9.17) is 0 Å². The van der Waals surface area contributed by atoms with Crippen molar-refractivity contribution in [3.8, 4) is 11.5 Å². The van der Waals surface area contributed by atoms with E-state index in [2.05, 4.69) is 31.9 Å². The molecule has 0 saturated heterocycles. The van der Waals surface area contributed by atoms with E-state index < -0.39 is 50.3 Å². The first-order valence-corrected chi connectivity index (χ1v) is 9.41. The van der Waals surface area contributed by atoms with Gasteiger partial charge in [0.15, 0.2) is 11.5 Å². The number of benzene rings is 2. The van der Waals surface area contributed by atoms with Crippen LogP contribution in [0.3, 0.4) is 0 Å². The lowest BCUT2D eigenvalue weighted by Gasteiger charge is -2.19. The molecule has 28 heavy (non-hydrogen) atoms. The van der Waals surface area contributed by atoms with Gasteiger partial charge in [-0.3, -0.25) is 25.0 Å². The van der Waals surface area contributed by atoms with E-state index in [0.717, 1.165) is 12.1 Å². The molecule has 2 unspecified atom stereocenters. The van der Waals surface area contributed by atoms with Crippen molar-refractivity contribution in [1.82, 2.24) is 0 Å². The zero-order valence-corrected chi connectivity index (χ0v) is 17.7. The average molecular weight is 518 g/mol. The Kier molecular flexibility index (Phi) is 6.40. The number of Topliss-reactive ketones (excluding diaryl/α,β-unsaturated/α-hetero) is 1. The molecule has 0 aliphatic carbocycles. The van der Waals surface area contributed by atoms with Crippen molar-refractivity contribution in [2.24, 2.45) is 0 Å². The van der Waals surface area contributed by atoms with Crippen LogP contribution in [0, 0.1) is 20.2 Å². The number of hydrogen-bond donors (Lipinski definition) is 2. The first kappa shape index (κ1) is 21.8. The summed E-state index contributed by atoms with van der Waals surface area (Å²) in [4.78, 5) is 33.6. The predicted molar refractivity (Wildman–Crippen MR) is 107 cm³/mol. The van der Waals surface area contributed by atoms with Gasteiger partial charge in [0.1, 0.15) is 5.78 Å². The number of carbonyl (C=O) groups excluding carboxylic acids is 1.